The van der Waals surface area contributed by atoms with Crippen LogP contribution in [0.3, 0.4) is 0 Å². The van der Waals surface area contributed by atoms with Crippen molar-refractivity contribution in [3.05, 3.63) is 0 Å². The molecule has 5 heteroatoms. The molecule has 102 valence electrons. The Morgan fingerprint density at radius 2 is 2.17 bits per heavy atom. The second kappa shape index (κ2) is 5.69. The molecule has 2 saturated heterocycles. The molecule has 2 fully saturated rings. The van der Waals surface area contributed by atoms with Gasteiger partial charge in [0, 0.05) is 6.54 Å². The minimum atomic E-state index is -0.309. The second-order valence-electron chi connectivity index (χ2n) is 5.21. The van der Waals surface area contributed by atoms with Crippen LogP contribution in [0.5, 0.6) is 0 Å². The van der Waals surface area contributed by atoms with Crippen LogP contribution in [-0.2, 0) is 14.3 Å². The van der Waals surface area contributed by atoms with Crippen molar-refractivity contribution in [2.24, 2.45) is 0 Å². The van der Waals surface area contributed by atoms with Gasteiger partial charge in [-0.3, -0.25) is 9.59 Å². The highest BCUT2D eigenvalue weighted by Crippen LogP contribution is 2.22. The number of piperazine rings is 1. The van der Waals surface area contributed by atoms with E-state index in [0.717, 1.165) is 25.7 Å². The molecule has 2 aliphatic rings. The number of hydrogen-bond donors (Lipinski definition) is 1. The summed E-state index contributed by atoms with van der Waals surface area (Å²) in [6, 6.07) is -0.309. The van der Waals surface area contributed by atoms with E-state index in [-0.39, 0.29) is 36.6 Å². The summed E-state index contributed by atoms with van der Waals surface area (Å²) in [5.41, 5.74) is 0. The molecule has 0 saturated carbocycles. The smallest absolute Gasteiger partial charge is 0.243 e. The minimum absolute atomic E-state index is 0.0104. The Hall–Kier alpha value is -1.10. The van der Waals surface area contributed by atoms with Crippen LogP contribution in [0.2, 0.25) is 0 Å². The van der Waals surface area contributed by atoms with Gasteiger partial charge in [0.2, 0.25) is 11.8 Å². The van der Waals surface area contributed by atoms with E-state index in [2.05, 4.69) is 5.32 Å². The highest BCUT2D eigenvalue weighted by molar-refractivity contribution is 5.94. The van der Waals surface area contributed by atoms with Crippen LogP contribution < -0.4 is 5.32 Å². The normalized spacial score (nSPS) is 32.8. The molecule has 3 unspecified atom stereocenters. The highest BCUT2D eigenvalue weighted by atomic mass is 16.5. The number of carbonyl (C=O) groups is 2. The standard InChI is InChI=1S/C13H22N2O3/c1-3-4-11-13(17)14-7-12(16)15(11)8-10-6-5-9(2)18-10/h9-11H,3-8H2,1-2H3,(H,14,17). The van der Waals surface area contributed by atoms with Gasteiger partial charge >= 0.3 is 0 Å². The molecule has 2 amide bonds. The predicted molar refractivity (Wildman–Crippen MR) is 67.0 cm³/mol. The lowest BCUT2D eigenvalue weighted by atomic mass is 10.1. The van der Waals surface area contributed by atoms with Crippen molar-refractivity contribution in [1.82, 2.24) is 10.2 Å². The van der Waals surface area contributed by atoms with Crippen LogP contribution in [0.25, 0.3) is 0 Å². The van der Waals surface area contributed by atoms with E-state index in [9.17, 15) is 9.59 Å². The zero-order chi connectivity index (χ0) is 13.1. The van der Waals surface area contributed by atoms with Crippen molar-refractivity contribution in [2.45, 2.75) is 57.8 Å². The van der Waals surface area contributed by atoms with E-state index >= 15 is 0 Å². The van der Waals surface area contributed by atoms with Crippen LogP contribution in [-0.4, -0.2) is 48.1 Å². The number of carbonyl (C=O) groups excluding carboxylic acids is 2. The molecule has 1 N–H and O–H groups in total. The van der Waals surface area contributed by atoms with Crippen molar-refractivity contribution in [3.63, 3.8) is 0 Å². The first-order valence-electron chi connectivity index (χ1n) is 6.84. The van der Waals surface area contributed by atoms with Gasteiger partial charge in [0.15, 0.2) is 0 Å². The molecule has 0 aromatic heterocycles. The summed E-state index contributed by atoms with van der Waals surface area (Å²) in [6.45, 7) is 4.76. The molecular weight excluding hydrogens is 232 g/mol. The largest absolute Gasteiger partial charge is 0.373 e. The maximum Gasteiger partial charge on any atom is 0.243 e. The molecule has 0 radical (unpaired) electrons. The summed E-state index contributed by atoms with van der Waals surface area (Å²) in [5, 5.41) is 2.66. The summed E-state index contributed by atoms with van der Waals surface area (Å²) >= 11 is 0. The van der Waals surface area contributed by atoms with Gasteiger partial charge in [-0.05, 0) is 26.2 Å². The van der Waals surface area contributed by atoms with Crippen LogP contribution in [0.4, 0.5) is 0 Å². The first-order valence-corrected chi connectivity index (χ1v) is 6.84. The Balaban J connectivity index is 2.01. The minimum Gasteiger partial charge on any atom is -0.373 e. The first-order chi connectivity index (χ1) is 8.61. The quantitative estimate of drug-likeness (QED) is 0.802. The maximum absolute atomic E-state index is 12.0. The van der Waals surface area contributed by atoms with Gasteiger partial charge in [-0.25, -0.2) is 0 Å². The van der Waals surface area contributed by atoms with Gasteiger partial charge in [0.1, 0.15) is 6.04 Å². The Labute approximate surface area is 108 Å². The van der Waals surface area contributed by atoms with Gasteiger partial charge < -0.3 is 15.0 Å². The molecule has 0 spiro atoms. The average molecular weight is 254 g/mol. The van der Waals surface area contributed by atoms with Crippen LogP contribution in [0.1, 0.15) is 39.5 Å². The van der Waals surface area contributed by atoms with Gasteiger partial charge in [-0.1, -0.05) is 13.3 Å². The number of hydrogen-bond acceptors (Lipinski definition) is 3. The second-order valence-corrected chi connectivity index (χ2v) is 5.21. The first kappa shape index (κ1) is 13.3. The number of rotatable bonds is 4. The van der Waals surface area contributed by atoms with E-state index in [1.807, 2.05) is 13.8 Å². The van der Waals surface area contributed by atoms with Gasteiger partial charge in [0.05, 0.1) is 18.8 Å². The topological polar surface area (TPSA) is 58.6 Å². The Bertz CT molecular complexity index is 332. The molecule has 5 nitrogen and oxygen atoms in total. The lowest BCUT2D eigenvalue weighted by Gasteiger charge is -2.36. The van der Waals surface area contributed by atoms with Crippen molar-refractivity contribution < 1.29 is 14.3 Å². The molecule has 2 heterocycles. The molecule has 3 atom stereocenters. The van der Waals surface area contributed by atoms with E-state index in [0.29, 0.717) is 6.54 Å². The summed E-state index contributed by atoms with van der Waals surface area (Å²) < 4.78 is 5.75. The maximum atomic E-state index is 12.0. The Morgan fingerprint density at radius 3 is 2.78 bits per heavy atom. The number of ether oxygens (including phenoxy) is 1. The fraction of sp³-hybridized carbons (Fsp3) is 0.846. The average Bonchev–Trinajstić information content (AvgIpc) is 2.74. The van der Waals surface area contributed by atoms with Crippen molar-refractivity contribution >= 4 is 11.8 Å². The van der Waals surface area contributed by atoms with E-state index in [1.54, 1.807) is 4.90 Å². The van der Waals surface area contributed by atoms with E-state index in [1.165, 1.54) is 0 Å². The summed E-state index contributed by atoms with van der Waals surface area (Å²) in [4.78, 5) is 25.5. The van der Waals surface area contributed by atoms with E-state index < -0.39 is 0 Å². The fourth-order valence-corrected chi connectivity index (χ4v) is 2.73. The molecular formula is C13H22N2O3. The van der Waals surface area contributed by atoms with Crippen LogP contribution in [0, 0.1) is 0 Å². The van der Waals surface area contributed by atoms with E-state index in [4.69, 9.17) is 4.74 Å². The zero-order valence-electron chi connectivity index (χ0n) is 11.1. The lowest BCUT2D eigenvalue weighted by Crippen LogP contribution is -2.59. The molecule has 0 aliphatic carbocycles. The number of amides is 2. The Morgan fingerprint density at radius 1 is 1.39 bits per heavy atom. The van der Waals surface area contributed by atoms with Gasteiger partial charge in [0.25, 0.3) is 0 Å². The zero-order valence-corrected chi connectivity index (χ0v) is 11.1. The SMILES string of the molecule is CCCC1C(=O)NCC(=O)N1CC1CCC(C)O1. The molecule has 0 bridgehead atoms. The van der Waals surface area contributed by atoms with Crippen molar-refractivity contribution in [2.75, 3.05) is 13.1 Å². The molecule has 0 aromatic rings. The molecule has 2 rings (SSSR count). The summed E-state index contributed by atoms with van der Waals surface area (Å²) in [5.74, 6) is -0.0151. The fourth-order valence-electron chi connectivity index (χ4n) is 2.73. The third-order valence-corrected chi connectivity index (χ3v) is 3.70. The number of nitrogens with zero attached hydrogens (tertiary/aromatic N) is 1. The molecule has 2 aliphatic heterocycles. The predicted octanol–water partition coefficient (Wildman–Crippen LogP) is 0.681. The van der Waals surface area contributed by atoms with Crippen molar-refractivity contribution in [3.8, 4) is 0 Å². The van der Waals surface area contributed by atoms with Gasteiger partial charge in [-0.2, -0.15) is 0 Å². The summed E-state index contributed by atoms with van der Waals surface area (Å²) in [7, 11) is 0. The highest BCUT2D eigenvalue weighted by Gasteiger charge is 2.36. The van der Waals surface area contributed by atoms with Crippen LogP contribution in [0.15, 0.2) is 0 Å². The van der Waals surface area contributed by atoms with Gasteiger partial charge in [-0.15, -0.1) is 0 Å². The van der Waals surface area contributed by atoms with Crippen LogP contribution >= 0.6 is 0 Å². The Kier molecular flexibility index (Phi) is 4.22. The third-order valence-electron chi connectivity index (χ3n) is 3.70. The lowest BCUT2D eigenvalue weighted by molar-refractivity contribution is -0.147. The molecule has 0 aromatic carbocycles. The molecule has 18 heavy (non-hydrogen) atoms. The monoisotopic (exact) mass is 254 g/mol. The summed E-state index contributed by atoms with van der Waals surface area (Å²) in [6.07, 6.45) is 3.99. The third kappa shape index (κ3) is 2.83. The number of nitrogens with one attached hydrogen (secondary N) is 1. The van der Waals surface area contributed by atoms with Crippen molar-refractivity contribution in [1.29, 1.82) is 0 Å².